The maximum absolute atomic E-state index is 5.66. The van der Waals surface area contributed by atoms with Crippen molar-refractivity contribution in [2.45, 2.75) is 52.9 Å². The highest BCUT2D eigenvalue weighted by atomic mass is 15.3. The van der Waals surface area contributed by atoms with E-state index < -0.39 is 0 Å². The number of nitrogens with zero attached hydrogens (tertiary/aromatic N) is 3. The molecule has 4 heteroatoms. The van der Waals surface area contributed by atoms with Gasteiger partial charge in [0.1, 0.15) is 0 Å². The van der Waals surface area contributed by atoms with Gasteiger partial charge in [-0.1, -0.05) is 12.1 Å². The summed E-state index contributed by atoms with van der Waals surface area (Å²) in [5.41, 5.74) is 9.13. The van der Waals surface area contributed by atoms with E-state index in [0.717, 1.165) is 17.8 Å². The lowest BCUT2D eigenvalue weighted by atomic mass is 10.1. The molecule has 4 nitrogen and oxygen atoms in total. The number of anilines is 1. The zero-order valence-electron chi connectivity index (χ0n) is 13.5. The van der Waals surface area contributed by atoms with Crippen LogP contribution < -0.4 is 10.6 Å². The molecule has 2 N–H and O–H groups in total. The molecule has 0 aliphatic carbocycles. The first-order valence-corrected chi connectivity index (χ1v) is 7.61. The first kappa shape index (κ1) is 15.6. The second-order valence-corrected chi connectivity index (χ2v) is 5.97. The van der Waals surface area contributed by atoms with Gasteiger partial charge in [0.15, 0.2) is 0 Å². The molecule has 0 aliphatic heterocycles. The zero-order chi connectivity index (χ0) is 15.4. The lowest BCUT2D eigenvalue weighted by Gasteiger charge is -2.28. The van der Waals surface area contributed by atoms with Crippen molar-refractivity contribution < 1.29 is 0 Å². The van der Waals surface area contributed by atoms with Gasteiger partial charge in [-0.05, 0) is 51.5 Å². The van der Waals surface area contributed by atoms with Crippen LogP contribution >= 0.6 is 0 Å². The number of benzene rings is 1. The molecule has 0 saturated carbocycles. The molecule has 0 spiro atoms. The first-order valence-electron chi connectivity index (χ1n) is 7.61. The number of rotatable bonds is 6. The Bertz CT molecular complexity index is 554. The second-order valence-electron chi connectivity index (χ2n) is 5.97. The van der Waals surface area contributed by atoms with Crippen molar-refractivity contribution in [3.05, 3.63) is 47.8 Å². The van der Waals surface area contributed by atoms with Gasteiger partial charge in [0.2, 0.25) is 0 Å². The average Bonchev–Trinajstić information content (AvgIpc) is 2.93. The molecular weight excluding hydrogens is 260 g/mol. The van der Waals surface area contributed by atoms with Crippen molar-refractivity contribution in [1.82, 2.24) is 9.78 Å². The summed E-state index contributed by atoms with van der Waals surface area (Å²) in [5.74, 6) is 0. The van der Waals surface area contributed by atoms with E-state index in [2.05, 4.69) is 74.2 Å². The molecule has 1 aromatic carbocycles. The van der Waals surface area contributed by atoms with Crippen LogP contribution in [0.25, 0.3) is 0 Å². The standard InChI is InChI=1S/C17H26N4/c1-13(2)20(17-7-5-15(11-18)6-8-17)12-16-9-10-21(19-16)14(3)4/h5-10,13-14H,11-12,18H2,1-4H3. The maximum atomic E-state index is 5.66. The van der Waals surface area contributed by atoms with Gasteiger partial charge in [-0.2, -0.15) is 5.10 Å². The largest absolute Gasteiger partial charge is 0.363 e. The minimum atomic E-state index is 0.398. The molecule has 0 aliphatic rings. The highest BCUT2D eigenvalue weighted by Gasteiger charge is 2.13. The van der Waals surface area contributed by atoms with Gasteiger partial charge < -0.3 is 10.6 Å². The molecule has 0 saturated heterocycles. The van der Waals surface area contributed by atoms with E-state index in [9.17, 15) is 0 Å². The van der Waals surface area contributed by atoms with Crippen LogP contribution in [0.5, 0.6) is 0 Å². The van der Waals surface area contributed by atoms with Gasteiger partial charge in [0, 0.05) is 30.5 Å². The highest BCUT2D eigenvalue weighted by Crippen LogP contribution is 2.20. The summed E-state index contributed by atoms with van der Waals surface area (Å²) in [6.07, 6.45) is 2.05. The Kier molecular flexibility index (Phi) is 5.02. The molecule has 0 fully saturated rings. The molecule has 114 valence electrons. The van der Waals surface area contributed by atoms with Gasteiger partial charge >= 0.3 is 0 Å². The molecule has 1 aromatic heterocycles. The van der Waals surface area contributed by atoms with Gasteiger partial charge in [0.05, 0.1) is 12.2 Å². The van der Waals surface area contributed by atoms with Crippen molar-refractivity contribution in [3.63, 3.8) is 0 Å². The molecule has 0 unspecified atom stereocenters. The summed E-state index contributed by atoms with van der Waals surface area (Å²) in [7, 11) is 0. The molecule has 0 bridgehead atoms. The van der Waals surface area contributed by atoms with E-state index >= 15 is 0 Å². The third-order valence-corrected chi connectivity index (χ3v) is 3.65. The van der Waals surface area contributed by atoms with Crippen LogP contribution in [0.4, 0.5) is 5.69 Å². The fraction of sp³-hybridized carbons (Fsp3) is 0.471. The van der Waals surface area contributed by atoms with Crippen LogP contribution in [-0.2, 0) is 13.1 Å². The molecule has 2 aromatic rings. The van der Waals surface area contributed by atoms with E-state index in [1.165, 1.54) is 5.69 Å². The van der Waals surface area contributed by atoms with Crippen molar-refractivity contribution in [3.8, 4) is 0 Å². The number of nitrogens with two attached hydrogens (primary N) is 1. The van der Waals surface area contributed by atoms with E-state index in [-0.39, 0.29) is 0 Å². The summed E-state index contributed by atoms with van der Waals surface area (Å²) in [5, 5.41) is 4.65. The van der Waals surface area contributed by atoms with Crippen LogP contribution in [0.1, 0.15) is 45.0 Å². The predicted molar refractivity (Wildman–Crippen MR) is 88.3 cm³/mol. The fourth-order valence-corrected chi connectivity index (χ4v) is 2.32. The summed E-state index contributed by atoms with van der Waals surface area (Å²) in [6, 6.07) is 11.4. The van der Waals surface area contributed by atoms with Crippen molar-refractivity contribution in [2.75, 3.05) is 4.90 Å². The zero-order valence-corrected chi connectivity index (χ0v) is 13.5. The van der Waals surface area contributed by atoms with Crippen LogP contribution in [0.15, 0.2) is 36.5 Å². The van der Waals surface area contributed by atoms with Gasteiger partial charge in [-0.3, -0.25) is 4.68 Å². The Labute approximate surface area is 127 Å². The Balaban J connectivity index is 2.17. The molecule has 0 radical (unpaired) electrons. The number of aromatic nitrogens is 2. The Morgan fingerprint density at radius 3 is 2.24 bits per heavy atom. The van der Waals surface area contributed by atoms with Gasteiger partial charge in [0.25, 0.3) is 0 Å². The Morgan fingerprint density at radius 2 is 1.76 bits per heavy atom. The van der Waals surface area contributed by atoms with Gasteiger partial charge in [-0.25, -0.2) is 0 Å². The van der Waals surface area contributed by atoms with Crippen molar-refractivity contribution in [2.24, 2.45) is 5.73 Å². The molecule has 1 heterocycles. The average molecular weight is 286 g/mol. The third kappa shape index (κ3) is 3.85. The molecular formula is C17H26N4. The monoisotopic (exact) mass is 286 g/mol. The smallest absolute Gasteiger partial charge is 0.0817 e. The van der Waals surface area contributed by atoms with Crippen molar-refractivity contribution in [1.29, 1.82) is 0 Å². The summed E-state index contributed by atoms with van der Waals surface area (Å²) in [4.78, 5) is 2.35. The quantitative estimate of drug-likeness (QED) is 0.886. The SMILES string of the molecule is CC(C)N(Cc1ccn(C(C)C)n1)c1ccc(CN)cc1. The predicted octanol–water partition coefficient (Wildman–Crippen LogP) is 3.34. The van der Waals surface area contributed by atoms with E-state index in [1.807, 2.05) is 4.68 Å². The Hall–Kier alpha value is -1.81. The molecule has 0 amide bonds. The summed E-state index contributed by atoms with van der Waals surface area (Å²) < 4.78 is 2.01. The molecule has 0 atom stereocenters. The summed E-state index contributed by atoms with van der Waals surface area (Å²) in [6.45, 7) is 10.1. The lowest BCUT2D eigenvalue weighted by Crippen LogP contribution is -2.30. The van der Waals surface area contributed by atoms with Gasteiger partial charge in [-0.15, -0.1) is 0 Å². The number of hydrogen-bond acceptors (Lipinski definition) is 3. The van der Waals surface area contributed by atoms with Crippen molar-refractivity contribution >= 4 is 5.69 Å². The summed E-state index contributed by atoms with van der Waals surface area (Å²) >= 11 is 0. The molecule has 2 rings (SSSR count). The minimum Gasteiger partial charge on any atom is -0.363 e. The molecule has 21 heavy (non-hydrogen) atoms. The van der Waals surface area contributed by atoms with Crippen LogP contribution in [0.2, 0.25) is 0 Å². The van der Waals surface area contributed by atoms with Crippen LogP contribution in [0.3, 0.4) is 0 Å². The first-order chi connectivity index (χ1) is 10.0. The topological polar surface area (TPSA) is 47.1 Å². The van der Waals surface area contributed by atoms with E-state index in [4.69, 9.17) is 5.73 Å². The van der Waals surface area contributed by atoms with Crippen LogP contribution in [-0.4, -0.2) is 15.8 Å². The highest BCUT2D eigenvalue weighted by molar-refractivity contribution is 5.48. The lowest BCUT2D eigenvalue weighted by molar-refractivity contribution is 0.523. The minimum absolute atomic E-state index is 0.398. The van der Waals surface area contributed by atoms with E-state index in [1.54, 1.807) is 0 Å². The Morgan fingerprint density at radius 1 is 1.10 bits per heavy atom. The number of hydrogen-bond donors (Lipinski definition) is 1. The van der Waals surface area contributed by atoms with E-state index in [0.29, 0.717) is 18.6 Å². The third-order valence-electron chi connectivity index (χ3n) is 3.65. The maximum Gasteiger partial charge on any atom is 0.0817 e. The van der Waals surface area contributed by atoms with Crippen LogP contribution in [0, 0.1) is 0 Å². The fourth-order valence-electron chi connectivity index (χ4n) is 2.32. The normalized spacial score (nSPS) is 11.4. The second kappa shape index (κ2) is 6.76.